The number of rotatable bonds is 8. The first-order valence-electron chi connectivity index (χ1n) is 14.5. The summed E-state index contributed by atoms with van der Waals surface area (Å²) in [4.78, 5) is 26.5. The van der Waals surface area contributed by atoms with Crippen LogP contribution >= 0.6 is 0 Å². The summed E-state index contributed by atoms with van der Waals surface area (Å²) >= 11 is 0. The first-order valence-corrected chi connectivity index (χ1v) is 14.5. The molecule has 1 aliphatic heterocycles. The monoisotopic (exact) mass is 586 g/mol. The lowest BCUT2D eigenvalue weighted by atomic mass is 9.82. The van der Waals surface area contributed by atoms with Gasteiger partial charge >= 0.3 is 5.63 Å². The van der Waals surface area contributed by atoms with Gasteiger partial charge in [-0.3, -0.25) is 4.79 Å². The average molecular weight is 587 g/mol. The lowest BCUT2D eigenvalue weighted by Gasteiger charge is -2.46. The van der Waals surface area contributed by atoms with Crippen LogP contribution in [0.1, 0.15) is 54.7 Å². The average Bonchev–Trinajstić information content (AvgIpc) is 2.98. The molecule has 1 aliphatic rings. The topological polar surface area (TPSA) is 115 Å². The molecule has 2 N–H and O–H groups in total. The van der Waals surface area contributed by atoms with Crippen molar-refractivity contribution in [3.05, 3.63) is 93.3 Å². The first kappa shape index (κ1) is 30.5. The van der Waals surface area contributed by atoms with Crippen LogP contribution in [-0.4, -0.2) is 47.2 Å². The molecule has 2 heterocycles. The summed E-state index contributed by atoms with van der Waals surface area (Å²) in [7, 11) is 1.59. The second-order valence-corrected chi connectivity index (χ2v) is 11.7. The molecular formula is C35H38O8. The predicted octanol–water partition coefficient (Wildman–Crippen LogP) is 5.64. The standard InChI is InChI=1S/C35H38O8/c1-7-25-29(41-34-31(38)30(37)20(3)35(4,5)43-34)14-12-23-16-24(33(39)42-32(23)25)18-27(36)22-11-13-28(40-6)26(17-22)21-10-8-9-19(2)15-21/h8-17,20,30-31,34,37-38H,7,18H2,1-6H3/t20-,30+,31+,34?/m1/s1. The zero-order valence-electron chi connectivity index (χ0n) is 25.3. The molecule has 0 aliphatic carbocycles. The molecule has 1 fully saturated rings. The molecule has 1 unspecified atom stereocenters. The van der Waals surface area contributed by atoms with Crippen molar-refractivity contribution in [2.45, 2.75) is 71.6 Å². The molecule has 226 valence electrons. The highest BCUT2D eigenvalue weighted by Gasteiger charge is 2.47. The number of carbonyl (C=O) groups is 1. The molecule has 4 aromatic rings. The Labute approximate surface area is 250 Å². The van der Waals surface area contributed by atoms with Crippen LogP contribution in [0.5, 0.6) is 11.5 Å². The number of carbonyl (C=O) groups excluding carboxylic acids is 1. The van der Waals surface area contributed by atoms with Crippen LogP contribution in [0.15, 0.2) is 69.9 Å². The third kappa shape index (κ3) is 5.95. The number of aliphatic hydroxyl groups is 2. The number of hydrogen-bond donors (Lipinski definition) is 2. The van der Waals surface area contributed by atoms with Crippen molar-refractivity contribution in [1.29, 1.82) is 0 Å². The van der Waals surface area contributed by atoms with Crippen molar-refractivity contribution in [2.75, 3.05) is 7.11 Å². The number of aliphatic hydroxyl groups excluding tert-OH is 2. The Kier molecular flexibility index (Phi) is 8.47. The van der Waals surface area contributed by atoms with Crippen LogP contribution in [0.25, 0.3) is 22.1 Å². The van der Waals surface area contributed by atoms with Crippen LogP contribution in [0.2, 0.25) is 0 Å². The number of benzene rings is 3. The molecule has 3 aromatic carbocycles. The van der Waals surface area contributed by atoms with E-state index in [4.69, 9.17) is 18.6 Å². The molecular weight excluding hydrogens is 548 g/mol. The van der Waals surface area contributed by atoms with Gasteiger partial charge in [-0.25, -0.2) is 4.79 Å². The molecule has 1 saturated heterocycles. The summed E-state index contributed by atoms with van der Waals surface area (Å²) in [6.07, 6.45) is -3.07. The third-order valence-electron chi connectivity index (χ3n) is 8.49. The van der Waals surface area contributed by atoms with E-state index in [1.165, 1.54) is 0 Å². The molecule has 0 saturated carbocycles. The summed E-state index contributed by atoms with van der Waals surface area (Å²) in [6, 6.07) is 18.3. The summed E-state index contributed by atoms with van der Waals surface area (Å²) in [5.74, 6) is 0.496. The molecule has 8 nitrogen and oxygen atoms in total. The molecule has 43 heavy (non-hydrogen) atoms. The van der Waals surface area contributed by atoms with E-state index in [0.29, 0.717) is 40.0 Å². The van der Waals surface area contributed by atoms with Gasteiger partial charge in [0.05, 0.1) is 18.8 Å². The number of fused-ring (bicyclic) bond motifs is 1. The number of methoxy groups -OCH3 is 1. The predicted molar refractivity (Wildman–Crippen MR) is 164 cm³/mol. The van der Waals surface area contributed by atoms with Crippen LogP contribution in [0.3, 0.4) is 0 Å². The zero-order valence-corrected chi connectivity index (χ0v) is 25.3. The first-order chi connectivity index (χ1) is 20.4. The van der Waals surface area contributed by atoms with Gasteiger partial charge in [0.1, 0.15) is 23.2 Å². The Morgan fingerprint density at radius 2 is 1.74 bits per heavy atom. The summed E-state index contributed by atoms with van der Waals surface area (Å²) in [5.41, 5.74) is 3.12. The maximum atomic E-state index is 13.4. The van der Waals surface area contributed by atoms with Gasteiger partial charge in [0.15, 0.2) is 5.78 Å². The molecule has 0 spiro atoms. The SMILES string of the molecule is CCc1c(OC2OC(C)(C)[C@H](C)[C@H](O)[C@@H]2O)ccc2cc(CC(=O)c3ccc(OC)c(-c4cccc(C)c4)c3)c(=O)oc12. The van der Waals surface area contributed by atoms with Gasteiger partial charge in [-0.2, -0.15) is 0 Å². The number of ether oxygens (including phenoxy) is 3. The van der Waals surface area contributed by atoms with Gasteiger partial charge in [-0.1, -0.05) is 43.7 Å². The number of aryl methyl sites for hydroxylation is 2. The molecule has 5 rings (SSSR count). The number of ketones is 1. The lowest BCUT2D eigenvalue weighted by Crippen LogP contribution is -2.59. The molecule has 8 heteroatoms. The fourth-order valence-corrected chi connectivity index (χ4v) is 5.59. The van der Waals surface area contributed by atoms with E-state index < -0.39 is 29.7 Å². The second kappa shape index (κ2) is 12.0. The highest BCUT2D eigenvalue weighted by molar-refractivity contribution is 5.99. The molecule has 0 amide bonds. The molecule has 0 radical (unpaired) electrons. The molecule has 1 aromatic heterocycles. The van der Waals surface area contributed by atoms with Gasteiger partial charge in [0.25, 0.3) is 0 Å². The van der Waals surface area contributed by atoms with E-state index in [9.17, 15) is 19.8 Å². The minimum Gasteiger partial charge on any atom is -0.496 e. The minimum atomic E-state index is -1.26. The van der Waals surface area contributed by atoms with Crippen LogP contribution in [0, 0.1) is 12.8 Å². The van der Waals surface area contributed by atoms with Crippen LogP contribution in [0.4, 0.5) is 0 Å². The molecule has 0 bridgehead atoms. The Hall–Kier alpha value is -3.98. The Bertz CT molecular complexity index is 1720. The van der Waals surface area contributed by atoms with Gasteiger partial charge in [0, 0.05) is 40.0 Å². The number of hydrogen-bond acceptors (Lipinski definition) is 8. The zero-order chi connectivity index (χ0) is 31.1. The van der Waals surface area contributed by atoms with Crippen LogP contribution in [-0.2, 0) is 17.6 Å². The van der Waals surface area contributed by atoms with Crippen LogP contribution < -0.4 is 15.1 Å². The fraction of sp³-hybridized carbons (Fsp3) is 0.371. The van der Waals surface area contributed by atoms with Gasteiger partial charge in [0.2, 0.25) is 6.29 Å². The smallest absolute Gasteiger partial charge is 0.339 e. The van der Waals surface area contributed by atoms with Crippen molar-refractivity contribution >= 4 is 16.8 Å². The van der Waals surface area contributed by atoms with E-state index in [0.717, 1.165) is 16.7 Å². The van der Waals surface area contributed by atoms with E-state index in [1.54, 1.807) is 43.5 Å². The highest BCUT2D eigenvalue weighted by Crippen LogP contribution is 2.37. The third-order valence-corrected chi connectivity index (χ3v) is 8.49. The van der Waals surface area contributed by atoms with E-state index in [2.05, 4.69) is 0 Å². The van der Waals surface area contributed by atoms with Gasteiger partial charge in [-0.05, 0) is 69.2 Å². The Morgan fingerprint density at radius 3 is 2.44 bits per heavy atom. The Morgan fingerprint density at radius 1 is 1.00 bits per heavy atom. The van der Waals surface area contributed by atoms with Crippen molar-refractivity contribution in [3.63, 3.8) is 0 Å². The van der Waals surface area contributed by atoms with E-state index in [-0.39, 0.29) is 23.7 Å². The summed E-state index contributed by atoms with van der Waals surface area (Å²) in [5, 5.41) is 21.8. The lowest BCUT2D eigenvalue weighted by molar-refractivity contribution is -0.285. The second-order valence-electron chi connectivity index (χ2n) is 11.7. The van der Waals surface area contributed by atoms with E-state index in [1.807, 2.05) is 58.9 Å². The van der Waals surface area contributed by atoms with Crippen molar-refractivity contribution < 1.29 is 33.6 Å². The summed E-state index contributed by atoms with van der Waals surface area (Å²) < 4.78 is 23.4. The quantitative estimate of drug-likeness (QED) is 0.202. The van der Waals surface area contributed by atoms with Crippen molar-refractivity contribution in [2.24, 2.45) is 5.92 Å². The van der Waals surface area contributed by atoms with Gasteiger partial charge in [-0.15, -0.1) is 0 Å². The fourth-order valence-electron chi connectivity index (χ4n) is 5.59. The maximum absolute atomic E-state index is 13.4. The maximum Gasteiger partial charge on any atom is 0.339 e. The molecule has 4 atom stereocenters. The minimum absolute atomic E-state index is 0.134. The Balaban J connectivity index is 1.43. The highest BCUT2D eigenvalue weighted by atomic mass is 16.7. The normalized spacial score (nSPS) is 21.5. The van der Waals surface area contributed by atoms with E-state index >= 15 is 0 Å². The summed E-state index contributed by atoms with van der Waals surface area (Å²) in [6.45, 7) is 9.38. The van der Waals surface area contributed by atoms with Crippen molar-refractivity contribution in [3.8, 4) is 22.6 Å². The van der Waals surface area contributed by atoms with Crippen molar-refractivity contribution in [1.82, 2.24) is 0 Å². The van der Waals surface area contributed by atoms with Gasteiger partial charge < -0.3 is 28.8 Å². The largest absolute Gasteiger partial charge is 0.496 e. The number of Topliss-reactive ketones (excluding diaryl/α,β-unsaturated/α-hetero) is 1.